The first kappa shape index (κ1) is 17.0. The molecule has 4 N–H and O–H groups in total. The summed E-state index contributed by atoms with van der Waals surface area (Å²) in [5, 5.41) is 32.8. The second-order valence-corrected chi connectivity index (χ2v) is 4.57. The van der Waals surface area contributed by atoms with Gasteiger partial charge in [-0.3, -0.25) is 0 Å². The largest absolute Gasteiger partial charge is 0.396 e. The van der Waals surface area contributed by atoms with Crippen LogP contribution in [0.4, 0.5) is 0 Å². The van der Waals surface area contributed by atoms with Crippen molar-refractivity contribution in [2.45, 2.75) is 0 Å². The van der Waals surface area contributed by atoms with Gasteiger partial charge >= 0.3 is 0 Å². The van der Waals surface area contributed by atoms with Crippen LogP contribution in [0.3, 0.4) is 0 Å². The lowest BCUT2D eigenvalue weighted by Gasteiger charge is -1.90. The Bertz CT molecular complexity index is 67.7. The summed E-state index contributed by atoms with van der Waals surface area (Å²) in [6.07, 6.45) is 0. The van der Waals surface area contributed by atoms with Gasteiger partial charge in [0.2, 0.25) is 0 Å². The maximum atomic E-state index is 8.19. The SMILES string of the molecule is OCCSCCO.OCCSCCO. The molecule has 0 atom stereocenters. The normalized spacial score (nSPS) is 9.43. The van der Waals surface area contributed by atoms with Crippen molar-refractivity contribution in [3.63, 3.8) is 0 Å². The minimum Gasteiger partial charge on any atom is -0.396 e. The van der Waals surface area contributed by atoms with Gasteiger partial charge in [-0.15, -0.1) is 0 Å². The molecule has 4 nitrogen and oxygen atoms in total. The molecule has 0 spiro atoms. The Morgan fingerprint density at radius 2 is 0.714 bits per heavy atom. The van der Waals surface area contributed by atoms with Crippen LogP contribution in [0.25, 0.3) is 0 Å². The van der Waals surface area contributed by atoms with E-state index >= 15 is 0 Å². The summed E-state index contributed by atoms with van der Waals surface area (Å²) in [5.74, 6) is 2.95. The van der Waals surface area contributed by atoms with E-state index in [4.69, 9.17) is 20.4 Å². The average molecular weight is 244 g/mol. The number of rotatable bonds is 8. The standard InChI is InChI=1S/2C4H10O2S/c2*5-1-3-7-4-2-6/h2*5-6H,1-4H2. The van der Waals surface area contributed by atoms with E-state index in [1.165, 1.54) is 0 Å². The Morgan fingerprint density at radius 3 is 0.857 bits per heavy atom. The van der Waals surface area contributed by atoms with Crippen LogP contribution in [0.15, 0.2) is 0 Å². The highest BCUT2D eigenvalue weighted by Crippen LogP contribution is 1.95. The zero-order valence-corrected chi connectivity index (χ0v) is 9.90. The van der Waals surface area contributed by atoms with E-state index in [0.717, 1.165) is 23.0 Å². The zero-order chi connectivity index (χ0) is 11.1. The molecule has 0 aliphatic rings. The molecule has 0 rings (SSSR count). The van der Waals surface area contributed by atoms with Gasteiger partial charge < -0.3 is 20.4 Å². The highest BCUT2D eigenvalue weighted by atomic mass is 32.2. The molecule has 14 heavy (non-hydrogen) atoms. The number of aliphatic hydroxyl groups excluding tert-OH is 4. The Morgan fingerprint density at radius 1 is 0.500 bits per heavy atom. The highest BCUT2D eigenvalue weighted by molar-refractivity contribution is 7.99. The topological polar surface area (TPSA) is 80.9 Å². The molecule has 0 aromatic carbocycles. The van der Waals surface area contributed by atoms with Crippen LogP contribution in [0.1, 0.15) is 0 Å². The van der Waals surface area contributed by atoms with Gasteiger partial charge in [0.15, 0.2) is 0 Å². The Labute approximate surface area is 93.7 Å². The molecule has 0 aromatic heterocycles. The van der Waals surface area contributed by atoms with Crippen LogP contribution in [0.5, 0.6) is 0 Å². The second kappa shape index (κ2) is 19.2. The summed E-state index contributed by atoms with van der Waals surface area (Å²) >= 11 is 3.11. The quantitative estimate of drug-likeness (QED) is 0.427. The fourth-order valence-corrected chi connectivity index (χ4v) is 1.39. The molecule has 0 amide bonds. The monoisotopic (exact) mass is 244 g/mol. The van der Waals surface area contributed by atoms with E-state index in [1.807, 2.05) is 0 Å². The summed E-state index contributed by atoms with van der Waals surface area (Å²) in [5.41, 5.74) is 0. The summed E-state index contributed by atoms with van der Waals surface area (Å²) in [6, 6.07) is 0. The van der Waals surface area contributed by atoms with Gasteiger partial charge in [-0.2, -0.15) is 23.5 Å². The van der Waals surface area contributed by atoms with Crippen LogP contribution >= 0.6 is 23.5 Å². The molecule has 0 unspecified atom stereocenters. The maximum Gasteiger partial charge on any atom is 0.0521 e. The van der Waals surface area contributed by atoms with Crippen molar-refractivity contribution in [2.24, 2.45) is 0 Å². The molecular weight excluding hydrogens is 224 g/mol. The van der Waals surface area contributed by atoms with Crippen molar-refractivity contribution in [3.8, 4) is 0 Å². The molecule has 88 valence electrons. The van der Waals surface area contributed by atoms with E-state index in [1.54, 1.807) is 23.5 Å². The first-order valence-electron chi connectivity index (χ1n) is 4.42. The molecular formula is C8H20O4S2. The summed E-state index contributed by atoms with van der Waals surface area (Å²) in [7, 11) is 0. The zero-order valence-electron chi connectivity index (χ0n) is 8.26. The Hall–Kier alpha value is 0.540. The fourth-order valence-electron chi connectivity index (χ4n) is 0.462. The summed E-state index contributed by atoms with van der Waals surface area (Å²) in [4.78, 5) is 0. The van der Waals surface area contributed by atoms with Crippen molar-refractivity contribution >= 4 is 23.5 Å². The van der Waals surface area contributed by atoms with Crippen molar-refractivity contribution in [2.75, 3.05) is 49.4 Å². The van der Waals surface area contributed by atoms with Crippen molar-refractivity contribution in [1.29, 1.82) is 0 Å². The second-order valence-electron chi connectivity index (χ2n) is 2.12. The van der Waals surface area contributed by atoms with Crippen LogP contribution in [-0.2, 0) is 0 Å². The number of hydrogen-bond donors (Lipinski definition) is 4. The Balaban J connectivity index is 0. The van der Waals surface area contributed by atoms with Crippen LogP contribution in [0.2, 0.25) is 0 Å². The maximum absolute atomic E-state index is 8.19. The molecule has 0 saturated carbocycles. The molecule has 0 fully saturated rings. The summed E-state index contributed by atoms with van der Waals surface area (Å²) < 4.78 is 0. The minimum absolute atomic E-state index is 0.213. The minimum atomic E-state index is 0.213. The molecule has 0 heterocycles. The lowest BCUT2D eigenvalue weighted by Crippen LogP contribution is -1.91. The van der Waals surface area contributed by atoms with Gasteiger partial charge in [0.25, 0.3) is 0 Å². The lowest BCUT2D eigenvalue weighted by molar-refractivity contribution is 0.317. The van der Waals surface area contributed by atoms with Crippen LogP contribution in [-0.4, -0.2) is 69.9 Å². The van der Waals surface area contributed by atoms with Crippen molar-refractivity contribution < 1.29 is 20.4 Å². The first-order chi connectivity index (χ1) is 6.83. The fraction of sp³-hybridized carbons (Fsp3) is 1.00. The van der Waals surface area contributed by atoms with E-state index < -0.39 is 0 Å². The van der Waals surface area contributed by atoms with Gasteiger partial charge in [0.1, 0.15) is 0 Å². The van der Waals surface area contributed by atoms with Crippen LogP contribution < -0.4 is 0 Å². The molecule has 0 aromatic rings. The molecule has 0 aliphatic carbocycles. The van der Waals surface area contributed by atoms with Crippen molar-refractivity contribution in [3.05, 3.63) is 0 Å². The van der Waals surface area contributed by atoms with Gasteiger partial charge in [-0.05, 0) is 0 Å². The van der Waals surface area contributed by atoms with Crippen LogP contribution in [0, 0.1) is 0 Å². The first-order valence-corrected chi connectivity index (χ1v) is 6.73. The molecule has 0 aliphatic heterocycles. The third-order valence-corrected chi connectivity index (χ3v) is 2.83. The van der Waals surface area contributed by atoms with Gasteiger partial charge in [-0.1, -0.05) is 0 Å². The third-order valence-electron chi connectivity index (χ3n) is 0.942. The van der Waals surface area contributed by atoms with E-state index in [9.17, 15) is 0 Å². The molecule has 0 bridgehead atoms. The van der Waals surface area contributed by atoms with Gasteiger partial charge in [0, 0.05) is 23.0 Å². The predicted octanol–water partition coefficient (Wildman–Crippen LogP) is -0.592. The number of hydrogen-bond acceptors (Lipinski definition) is 6. The third kappa shape index (κ3) is 22.9. The van der Waals surface area contributed by atoms with Crippen molar-refractivity contribution in [1.82, 2.24) is 0 Å². The number of thioether (sulfide) groups is 2. The number of aliphatic hydroxyl groups is 4. The Kier molecular flexibility index (Phi) is 23.2. The van der Waals surface area contributed by atoms with Gasteiger partial charge in [0.05, 0.1) is 26.4 Å². The highest BCUT2D eigenvalue weighted by Gasteiger charge is 1.82. The van der Waals surface area contributed by atoms with Gasteiger partial charge in [-0.25, -0.2) is 0 Å². The van der Waals surface area contributed by atoms with E-state index in [2.05, 4.69) is 0 Å². The van der Waals surface area contributed by atoms with E-state index in [0.29, 0.717) is 0 Å². The molecule has 6 heteroatoms. The smallest absolute Gasteiger partial charge is 0.0521 e. The summed E-state index contributed by atoms with van der Waals surface area (Å²) in [6.45, 7) is 0.852. The molecule has 0 saturated heterocycles. The van der Waals surface area contributed by atoms with E-state index in [-0.39, 0.29) is 26.4 Å². The predicted molar refractivity (Wildman–Crippen MR) is 63.0 cm³/mol. The average Bonchev–Trinajstić information content (AvgIpc) is 2.21. The molecule has 0 radical (unpaired) electrons. The lowest BCUT2D eigenvalue weighted by atomic mass is 10.9.